The maximum Gasteiger partial charge on any atom is 0.314 e. The lowest BCUT2D eigenvalue weighted by Gasteiger charge is -2.12. The molecule has 0 radical (unpaired) electrons. The number of rotatable bonds is 6. The Balaban J connectivity index is 2.12. The number of carboxylic acid groups (broad SMARTS) is 1. The number of benzene rings is 2. The topological polar surface area (TPSA) is 80.7 Å². The van der Waals surface area contributed by atoms with E-state index in [1.807, 2.05) is 0 Å². The smallest absolute Gasteiger partial charge is 0.314 e. The number of sulfone groups is 1. The zero-order valence-electron chi connectivity index (χ0n) is 13.4. The van der Waals surface area contributed by atoms with Crippen LogP contribution in [-0.4, -0.2) is 38.5 Å². The molecular formula is C18H17ClO5S. The van der Waals surface area contributed by atoms with Gasteiger partial charge >= 0.3 is 5.97 Å². The lowest BCUT2D eigenvalue weighted by Crippen LogP contribution is -2.28. The lowest BCUT2D eigenvalue weighted by atomic mass is 10.0. The van der Waals surface area contributed by atoms with E-state index in [0.29, 0.717) is 10.6 Å². The van der Waals surface area contributed by atoms with Gasteiger partial charge in [-0.15, -0.1) is 0 Å². The molecule has 1 saturated carbocycles. The van der Waals surface area contributed by atoms with E-state index >= 15 is 0 Å². The zero-order valence-corrected chi connectivity index (χ0v) is 15.0. The van der Waals surface area contributed by atoms with Crippen LogP contribution in [0.25, 0.3) is 0 Å². The Morgan fingerprint density at radius 1 is 1.16 bits per heavy atom. The first kappa shape index (κ1) is 17.9. The second-order valence-electron chi connectivity index (χ2n) is 6.09. The largest absolute Gasteiger partial charge is 0.481 e. The van der Waals surface area contributed by atoms with Crippen molar-refractivity contribution in [3.63, 3.8) is 0 Å². The van der Waals surface area contributed by atoms with Gasteiger partial charge in [0, 0.05) is 18.1 Å². The van der Waals surface area contributed by atoms with Crippen LogP contribution in [0.5, 0.6) is 0 Å². The highest BCUT2D eigenvalue weighted by atomic mass is 35.5. The molecule has 3 atom stereocenters. The molecule has 25 heavy (non-hydrogen) atoms. The molecule has 7 heteroatoms. The maximum atomic E-state index is 13.1. The van der Waals surface area contributed by atoms with Gasteiger partial charge in [0.15, 0.2) is 9.84 Å². The van der Waals surface area contributed by atoms with Crippen LogP contribution in [0, 0.1) is 5.41 Å². The summed E-state index contributed by atoms with van der Waals surface area (Å²) in [6, 6.07) is 14.5. The molecule has 5 nitrogen and oxygen atoms in total. The number of carboxylic acids is 1. The van der Waals surface area contributed by atoms with E-state index in [9.17, 15) is 18.3 Å². The molecule has 1 aliphatic rings. The molecule has 132 valence electrons. The number of methoxy groups -OCH3 is 1. The van der Waals surface area contributed by atoms with Crippen LogP contribution < -0.4 is 0 Å². The Kier molecular flexibility index (Phi) is 4.62. The van der Waals surface area contributed by atoms with E-state index in [1.54, 1.807) is 42.5 Å². The molecule has 0 unspecified atom stereocenters. The molecule has 0 saturated heterocycles. The summed E-state index contributed by atoms with van der Waals surface area (Å²) in [7, 11) is -2.47. The Morgan fingerprint density at radius 2 is 1.76 bits per heavy atom. The predicted octanol–water partition coefficient (Wildman–Crippen LogP) is 3.00. The average Bonchev–Trinajstić information content (AvgIpc) is 3.28. The number of aliphatic carboxylic acids is 1. The van der Waals surface area contributed by atoms with Crippen molar-refractivity contribution in [3.05, 3.63) is 65.2 Å². The minimum Gasteiger partial charge on any atom is -0.481 e. The second-order valence-corrected chi connectivity index (χ2v) is 8.59. The highest BCUT2D eigenvalue weighted by molar-refractivity contribution is 7.92. The van der Waals surface area contributed by atoms with Crippen molar-refractivity contribution in [2.24, 2.45) is 5.41 Å². The monoisotopic (exact) mass is 380 g/mol. The van der Waals surface area contributed by atoms with Crippen molar-refractivity contribution in [1.82, 2.24) is 0 Å². The first-order chi connectivity index (χ1) is 11.9. The Morgan fingerprint density at radius 3 is 2.28 bits per heavy atom. The molecule has 0 heterocycles. The quantitative estimate of drug-likeness (QED) is 0.833. The molecule has 1 fully saturated rings. The number of hydrogen-bond donors (Lipinski definition) is 1. The van der Waals surface area contributed by atoms with Gasteiger partial charge in [-0.1, -0.05) is 41.9 Å². The molecular weight excluding hydrogens is 364 g/mol. The standard InChI is InChI=1S/C18H17ClO5S/c1-24-11-18(17(20)21)15(12-7-9-13(19)10-8-12)16(18)25(22,23)14-5-3-2-4-6-14/h2-10,15-16H,11H2,1H3,(H,20,21)/t15-,16-,18+/m0/s1. The summed E-state index contributed by atoms with van der Waals surface area (Å²) in [6.45, 7) is -0.188. The van der Waals surface area contributed by atoms with Gasteiger partial charge in [-0.2, -0.15) is 0 Å². The van der Waals surface area contributed by atoms with Gasteiger partial charge in [-0.3, -0.25) is 4.79 Å². The van der Waals surface area contributed by atoms with Crippen molar-refractivity contribution >= 4 is 27.4 Å². The van der Waals surface area contributed by atoms with Gasteiger partial charge in [0.1, 0.15) is 5.41 Å². The minimum absolute atomic E-state index is 0.109. The summed E-state index contributed by atoms with van der Waals surface area (Å²) in [4.78, 5) is 12.2. The highest BCUT2D eigenvalue weighted by Gasteiger charge is 2.76. The third kappa shape index (κ3) is 2.84. The van der Waals surface area contributed by atoms with Crippen LogP contribution >= 0.6 is 11.6 Å². The van der Waals surface area contributed by atoms with Gasteiger partial charge in [-0.25, -0.2) is 8.42 Å². The van der Waals surface area contributed by atoms with Crippen molar-refractivity contribution < 1.29 is 23.1 Å². The molecule has 1 aliphatic carbocycles. The summed E-state index contributed by atoms with van der Waals surface area (Å²) in [5.74, 6) is -1.88. The highest BCUT2D eigenvalue weighted by Crippen LogP contribution is 2.64. The molecule has 0 aliphatic heterocycles. The van der Waals surface area contributed by atoms with Crippen molar-refractivity contribution in [3.8, 4) is 0 Å². The molecule has 3 rings (SSSR count). The Hall–Kier alpha value is -1.89. The first-order valence-corrected chi connectivity index (χ1v) is 9.55. The van der Waals surface area contributed by atoms with Crippen LogP contribution in [0.2, 0.25) is 5.02 Å². The van der Waals surface area contributed by atoms with Crippen molar-refractivity contribution in [2.45, 2.75) is 16.1 Å². The van der Waals surface area contributed by atoms with E-state index < -0.39 is 32.4 Å². The number of ether oxygens (including phenoxy) is 1. The minimum atomic E-state index is -3.84. The summed E-state index contributed by atoms with van der Waals surface area (Å²) in [5, 5.41) is 9.23. The van der Waals surface area contributed by atoms with E-state index in [0.717, 1.165) is 0 Å². The van der Waals surface area contributed by atoms with Crippen molar-refractivity contribution in [2.75, 3.05) is 13.7 Å². The van der Waals surface area contributed by atoms with E-state index in [1.165, 1.54) is 19.2 Å². The second kappa shape index (κ2) is 6.44. The molecule has 0 spiro atoms. The van der Waals surface area contributed by atoms with Crippen LogP contribution in [0.3, 0.4) is 0 Å². The van der Waals surface area contributed by atoms with Crippen LogP contribution in [0.1, 0.15) is 11.5 Å². The third-order valence-corrected chi connectivity index (χ3v) is 7.22. The van der Waals surface area contributed by atoms with Crippen LogP contribution in [0.4, 0.5) is 0 Å². The first-order valence-electron chi connectivity index (χ1n) is 7.62. The fraction of sp³-hybridized carbons (Fsp3) is 0.278. The fourth-order valence-corrected chi connectivity index (χ4v) is 5.99. The zero-order chi connectivity index (χ0) is 18.2. The number of hydrogen-bond acceptors (Lipinski definition) is 4. The maximum absolute atomic E-state index is 13.1. The van der Waals surface area contributed by atoms with Gasteiger partial charge in [-0.05, 0) is 29.8 Å². The van der Waals surface area contributed by atoms with Gasteiger partial charge < -0.3 is 9.84 Å². The normalized spacial score (nSPS) is 25.5. The van der Waals surface area contributed by atoms with Gasteiger partial charge in [0.05, 0.1) is 16.8 Å². The molecule has 2 aromatic rings. The summed E-state index contributed by atoms with van der Waals surface area (Å²) < 4.78 is 31.3. The fourth-order valence-electron chi connectivity index (χ4n) is 3.49. The van der Waals surface area contributed by atoms with Gasteiger partial charge in [0.25, 0.3) is 0 Å². The SMILES string of the molecule is COC[C@@]1(C(=O)O)[C@@H](c2ccc(Cl)cc2)[C@@H]1S(=O)(=O)c1ccccc1. The predicted molar refractivity (Wildman–Crippen MR) is 93.6 cm³/mol. The number of carbonyl (C=O) groups is 1. The van der Waals surface area contributed by atoms with Gasteiger partial charge in [0.2, 0.25) is 0 Å². The van der Waals surface area contributed by atoms with E-state index in [-0.39, 0.29) is 11.5 Å². The lowest BCUT2D eigenvalue weighted by molar-refractivity contribution is -0.145. The van der Waals surface area contributed by atoms with E-state index in [2.05, 4.69) is 0 Å². The van der Waals surface area contributed by atoms with E-state index in [4.69, 9.17) is 16.3 Å². The molecule has 1 N–H and O–H groups in total. The summed E-state index contributed by atoms with van der Waals surface area (Å²) in [5.41, 5.74) is -0.898. The summed E-state index contributed by atoms with van der Waals surface area (Å²) >= 11 is 5.89. The Bertz CT molecular complexity index is 879. The average molecular weight is 381 g/mol. The van der Waals surface area contributed by atoms with Crippen LogP contribution in [0.15, 0.2) is 59.5 Å². The third-order valence-electron chi connectivity index (χ3n) is 4.67. The molecule has 0 bridgehead atoms. The number of halogens is 1. The van der Waals surface area contributed by atoms with Crippen LogP contribution in [-0.2, 0) is 19.4 Å². The Labute approximate surface area is 151 Å². The summed E-state index contributed by atoms with van der Waals surface area (Å²) in [6.07, 6.45) is 0. The molecule has 0 aromatic heterocycles. The molecule has 2 aromatic carbocycles. The van der Waals surface area contributed by atoms with Crippen molar-refractivity contribution in [1.29, 1.82) is 0 Å². The molecule has 0 amide bonds.